The van der Waals surface area contributed by atoms with Crippen LogP contribution >= 0.6 is 0 Å². The van der Waals surface area contributed by atoms with E-state index in [9.17, 15) is 14.3 Å². The number of hydrogen-bond acceptors (Lipinski definition) is 3. The van der Waals surface area contributed by atoms with Gasteiger partial charge in [-0.3, -0.25) is 4.79 Å². The van der Waals surface area contributed by atoms with Gasteiger partial charge in [0, 0.05) is 5.56 Å². The van der Waals surface area contributed by atoms with Gasteiger partial charge in [-0.25, -0.2) is 4.39 Å². The first kappa shape index (κ1) is 10.6. The molecule has 0 saturated heterocycles. The lowest BCUT2D eigenvalue weighted by molar-refractivity contribution is -0.141. The van der Waals surface area contributed by atoms with Crippen molar-refractivity contribution in [3.8, 4) is 0 Å². The lowest BCUT2D eigenvalue weighted by Gasteiger charge is -2.15. The third kappa shape index (κ3) is 2.07. The molecule has 5 heteroatoms. The first-order chi connectivity index (χ1) is 6.54. The molecule has 76 valence electrons. The lowest BCUT2D eigenvalue weighted by atomic mass is 10.0. The maximum atomic E-state index is 13.1. The van der Waals surface area contributed by atoms with Crippen LogP contribution in [0.25, 0.3) is 0 Å². The average molecular weight is 199 g/mol. The van der Waals surface area contributed by atoms with E-state index < -0.39 is 23.9 Å². The Labute approximate surface area is 79.8 Å². The van der Waals surface area contributed by atoms with E-state index in [-0.39, 0.29) is 5.56 Å². The molecule has 0 radical (unpaired) electrons. The maximum Gasteiger partial charge on any atom is 0.323 e. The molecule has 1 aromatic carbocycles. The number of halogens is 1. The van der Waals surface area contributed by atoms with E-state index in [2.05, 4.69) is 0 Å². The highest BCUT2D eigenvalue weighted by atomic mass is 19.1. The van der Waals surface area contributed by atoms with Gasteiger partial charge in [-0.2, -0.15) is 0 Å². The molecule has 0 fully saturated rings. The predicted molar refractivity (Wildman–Crippen MR) is 47.0 cm³/mol. The fourth-order valence-electron chi connectivity index (χ4n) is 1.04. The summed E-state index contributed by atoms with van der Waals surface area (Å²) in [7, 11) is 0. The second kappa shape index (κ2) is 4.17. The van der Waals surface area contributed by atoms with Gasteiger partial charge < -0.3 is 15.9 Å². The molecule has 0 heterocycles. The zero-order valence-electron chi connectivity index (χ0n) is 7.22. The predicted octanol–water partition coefficient (Wildman–Crippen LogP) is 0.271. The minimum atomic E-state index is -1.53. The van der Waals surface area contributed by atoms with Gasteiger partial charge in [-0.05, 0) is 6.07 Å². The number of hydrogen-bond donors (Lipinski definition) is 3. The molecule has 14 heavy (non-hydrogen) atoms. The van der Waals surface area contributed by atoms with Crippen LogP contribution < -0.4 is 5.73 Å². The number of carboxylic acid groups (broad SMARTS) is 1. The molecule has 2 atom stereocenters. The van der Waals surface area contributed by atoms with Gasteiger partial charge in [-0.1, -0.05) is 18.2 Å². The molecule has 0 aliphatic rings. The summed E-state index contributed by atoms with van der Waals surface area (Å²) in [6.07, 6.45) is -1.53. The van der Waals surface area contributed by atoms with Crippen molar-refractivity contribution >= 4 is 5.97 Å². The largest absolute Gasteiger partial charge is 0.480 e. The summed E-state index contributed by atoms with van der Waals surface area (Å²) in [6, 6.07) is 3.84. The number of carbonyl (C=O) groups is 1. The van der Waals surface area contributed by atoms with Crippen molar-refractivity contribution in [3.63, 3.8) is 0 Å². The van der Waals surface area contributed by atoms with Crippen LogP contribution in [0.1, 0.15) is 11.7 Å². The summed E-state index contributed by atoms with van der Waals surface area (Å²) >= 11 is 0. The van der Waals surface area contributed by atoms with Crippen LogP contribution in [0.4, 0.5) is 4.39 Å². The van der Waals surface area contributed by atoms with E-state index in [0.29, 0.717) is 0 Å². The summed E-state index contributed by atoms with van der Waals surface area (Å²) in [5.74, 6) is -2.04. The number of aliphatic hydroxyl groups excluding tert-OH is 1. The van der Waals surface area contributed by atoms with Crippen molar-refractivity contribution in [1.82, 2.24) is 0 Å². The average Bonchev–Trinajstić information content (AvgIpc) is 2.16. The molecule has 4 N–H and O–H groups in total. The van der Waals surface area contributed by atoms with Crippen molar-refractivity contribution in [2.75, 3.05) is 0 Å². The Morgan fingerprint density at radius 3 is 2.50 bits per heavy atom. The van der Waals surface area contributed by atoms with Crippen LogP contribution in [0, 0.1) is 5.82 Å². The Bertz CT molecular complexity index is 343. The third-order valence-electron chi connectivity index (χ3n) is 1.85. The molecule has 0 aliphatic heterocycles. The highest BCUT2D eigenvalue weighted by Crippen LogP contribution is 2.18. The van der Waals surface area contributed by atoms with Crippen molar-refractivity contribution in [1.29, 1.82) is 0 Å². The minimum Gasteiger partial charge on any atom is -0.480 e. The second-order valence-electron chi connectivity index (χ2n) is 2.83. The van der Waals surface area contributed by atoms with Gasteiger partial charge in [0.15, 0.2) is 0 Å². The number of aliphatic carboxylic acids is 1. The molecular formula is C9H10FNO3. The molecule has 1 rings (SSSR count). The van der Waals surface area contributed by atoms with E-state index >= 15 is 0 Å². The van der Waals surface area contributed by atoms with E-state index in [1.807, 2.05) is 0 Å². The zero-order chi connectivity index (χ0) is 10.7. The fraction of sp³-hybridized carbons (Fsp3) is 0.222. The number of nitrogens with two attached hydrogens (primary N) is 1. The molecule has 0 spiro atoms. The normalized spacial score (nSPS) is 14.8. The quantitative estimate of drug-likeness (QED) is 0.652. The van der Waals surface area contributed by atoms with Gasteiger partial charge >= 0.3 is 5.97 Å². The summed E-state index contributed by atoms with van der Waals surface area (Å²) < 4.78 is 13.1. The van der Waals surface area contributed by atoms with Gasteiger partial charge in [0.1, 0.15) is 18.0 Å². The molecule has 0 aromatic heterocycles. The van der Waals surface area contributed by atoms with E-state index in [1.165, 1.54) is 18.2 Å². The molecule has 0 bridgehead atoms. The van der Waals surface area contributed by atoms with Crippen molar-refractivity contribution < 1.29 is 19.4 Å². The molecule has 0 aliphatic carbocycles. The fourth-order valence-corrected chi connectivity index (χ4v) is 1.04. The highest BCUT2D eigenvalue weighted by Gasteiger charge is 2.25. The van der Waals surface area contributed by atoms with E-state index in [4.69, 9.17) is 10.8 Å². The summed E-state index contributed by atoms with van der Waals surface area (Å²) in [6.45, 7) is 0. The van der Waals surface area contributed by atoms with Gasteiger partial charge in [0.25, 0.3) is 0 Å². The molecular weight excluding hydrogens is 189 g/mol. The Morgan fingerprint density at radius 1 is 1.43 bits per heavy atom. The third-order valence-corrected chi connectivity index (χ3v) is 1.85. The Hall–Kier alpha value is -1.46. The number of rotatable bonds is 3. The van der Waals surface area contributed by atoms with Crippen LogP contribution in [0.15, 0.2) is 24.3 Å². The Morgan fingerprint density at radius 2 is 2.00 bits per heavy atom. The first-order valence-corrected chi connectivity index (χ1v) is 3.95. The minimum absolute atomic E-state index is 0.109. The summed E-state index contributed by atoms with van der Waals surface area (Å²) in [4.78, 5) is 10.4. The monoisotopic (exact) mass is 199 g/mol. The van der Waals surface area contributed by atoms with Crippen LogP contribution in [0.2, 0.25) is 0 Å². The van der Waals surface area contributed by atoms with E-state index in [0.717, 1.165) is 6.07 Å². The smallest absolute Gasteiger partial charge is 0.323 e. The van der Waals surface area contributed by atoms with Crippen LogP contribution in [-0.4, -0.2) is 22.2 Å². The maximum absolute atomic E-state index is 13.1. The molecule has 2 unspecified atom stereocenters. The zero-order valence-corrected chi connectivity index (χ0v) is 7.22. The van der Waals surface area contributed by atoms with Crippen molar-refractivity contribution in [2.24, 2.45) is 5.73 Å². The van der Waals surface area contributed by atoms with Gasteiger partial charge in [-0.15, -0.1) is 0 Å². The molecule has 0 saturated carbocycles. The molecule has 0 amide bonds. The number of aliphatic hydroxyl groups is 1. The Kier molecular flexibility index (Phi) is 3.16. The first-order valence-electron chi connectivity index (χ1n) is 3.95. The SMILES string of the molecule is NC(C(=O)O)C(O)c1ccccc1F. The number of benzene rings is 1. The topological polar surface area (TPSA) is 83.6 Å². The standard InChI is InChI=1S/C9H10FNO3/c10-6-4-2-1-3-5(6)8(12)7(11)9(13)14/h1-4,7-8,12H,11H2,(H,13,14). The molecule has 4 nitrogen and oxygen atoms in total. The van der Waals surface area contributed by atoms with Crippen LogP contribution in [-0.2, 0) is 4.79 Å². The lowest BCUT2D eigenvalue weighted by Crippen LogP contribution is -2.36. The van der Waals surface area contributed by atoms with Crippen LogP contribution in [0.3, 0.4) is 0 Å². The van der Waals surface area contributed by atoms with Crippen LogP contribution in [0.5, 0.6) is 0 Å². The van der Waals surface area contributed by atoms with Crippen molar-refractivity contribution in [2.45, 2.75) is 12.1 Å². The number of carboxylic acids is 1. The van der Waals surface area contributed by atoms with Crippen molar-refractivity contribution in [3.05, 3.63) is 35.6 Å². The highest BCUT2D eigenvalue weighted by molar-refractivity contribution is 5.74. The van der Waals surface area contributed by atoms with Gasteiger partial charge in [0.2, 0.25) is 0 Å². The Balaban J connectivity index is 2.94. The molecule has 1 aromatic rings. The second-order valence-corrected chi connectivity index (χ2v) is 2.83. The van der Waals surface area contributed by atoms with E-state index in [1.54, 1.807) is 0 Å². The summed E-state index contributed by atoms with van der Waals surface area (Å²) in [5, 5.41) is 17.9. The van der Waals surface area contributed by atoms with Gasteiger partial charge in [0.05, 0.1) is 0 Å². The summed E-state index contributed by atoms with van der Waals surface area (Å²) in [5.41, 5.74) is 5.04.